The van der Waals surface area contributed by atoms with E-state index in [1.807, 2.05) is 67.6 Å². The standard InChI is InChI=1S/C25H23N5O3/c1-17-13-24(29-25(28-17)26-14-18-7-3-2-4-8-18)33-16-23(32)30-27-15-21-20-10-6-5-9-19(20)11-12-22(21)31/h2-13,15,31H,14,16H2,1H3,(H,30,32)(H,26,28,29)/b27-15+. The molecule has 8 heteroatoms. The first kappa shape index (κ1) is 21.8. The fourth-order valence-electron chi connectivity index (χ4n) is 3.23. The summed E-state index contributed by atoms with van der Waals surface area (Å²) in [5.74, 6) is 0.318. The zero-order valence-electron chi connectivity index (χ0n) is 18.0. The highest BCUT2D eigenvalue weighted by atomic mass is 16.5. The van der Waals surface area contributed by atoms with Crippen LogP contribution >= 0.6 is 0 Å². The van der Waals surface area contributed by atoms with Gasteiger partial charge in [0.2, 0.25) is 11.8 Å². The molecule has 166 valence electrons. The first-order valence-corrected chi connectivity index (χ1v) is 10.4. The van der Waals surface area contributed by atoms with Crippen molar-refractivity contribution in [3.05, 3.63) is 89.6 Å². The number of aryl methyl sites for hydroxylation is 1. The molecule has 4 rings (SSSR count). The molecule has 0 aliphatic rings. The molecule has 3 N–H and O–H groups in total. The molecule has 0 atom stereocenters. The van der Waals surface area contributed by atoms with Gasteiger partial charge in [0.1, 0.15) is 5.75 Å². The van der Waals surface area contributed by atoms with Crippen molar-refractivity contribution in [2.45, 2.75) is 13.5 Å². The molecule has 1 heterocycles. The molecule has 4 aromatic rings. The molecule has 0 fully saturated rings. The van der Waals surface area contributed by atoms with E-state index < -0.39 is 5.91 Å². The Morgan fingerprint density at radius 2 is 1.85 bits per heavy atom. The van der Waals surface area contributed by atoms with E-state index in [0.717, 1.165) is 16.3 Å². The average Bonchev–Trinajstić information content (AvgIpc) is 2.83. The average molecular weight is 441 g/mol. The molecule has 1 amide bonds. The van der Waals surface area contributed by atoms with Crippen LogP contribution in [0.25, 0.3) is 10.8 Å². The Kier molecular flexibility index (Phi) is 6.75. The zero-order valence-corrected chi connectivity index (χ0v) is 18.0. The van der Waals surface area contributed by atoms with Gasteiger partial charge in [-0.15, -0.1) is 0 Å². The van der Waals surface area contributed by atoms with Gasteiger partial charge in [-0.2, -0.15) is 10.1 Å². The van der Waals surface area contributed by atoms with Gasteiger partial charge in [0, 0.05) is 23.9 Å². The van der Waals surface area contributed by atoms with E-state index in [9.17, 15) is 9.90 Å². The fourth-order valence-corrected chi connectivity index (χ4v) is 3.23. The maximum Gasteiger partial charge on any atom is 0.278 e. The van der Waals surface area contributed by atoms with Crippen LogP contribution in [0.15, 0.2) is 77.9 Å². The van der Waals surface area contributed by atoms with Crippen LogP contribution in [-0.4, -0.2) is 33.8 Å². The number of ether oxygens (including phenoxy) is 1. The van der Waals surface area contributed by atoms with Gasteiger partial charge in [-0.05, 0) is 29.3 Å². The largest absolute Gasteiger partial charge is 0.507 e. The lowest BCUT2D eigenvalue weighted by molar-refractivity contribution is -0.123. The number of aromatic nitrogens is 2. The number of phenolic OH excluding ortho intramolecular Hbond substituents is 1. The van der Waals surface area contributed by atoms with Crippen LogP contribution in [-0.2, 0) is 11.3 Å². The molecule has 33 heavy (non-hydrogen) atoms. The number of amides is 1. The molecular formula is C25H23N5O3. The van der Waals surface area contributed by atoms with Crippen molar-refractivity contribution in [1.82, 2.24) is 15.4 Å². The molecule has 3 aromatic carbocycles. The van der Waals surface area contributed by atoms with Crippen molar-refractivity contribution < 1.29 is 14.6 Å². The maximum atomic E-state index is 12.2. The Morgan fingerprint density at radius 3 is 2.70 bits per heavy atom. The summed E-state index contributed by atoms with van der Waals surface area (Å²) < 4.78 is 5.51. The molecule has 0 saturated heterocycles. The van der Waals surface area contributed by atoms with Crippen LogP contribution in [0.3, 0.4) is 0 Å². The van der Waals surface area contributed by atoms with Crippen molar-refractivity contribution in [1.29, 1.82) is 0 Å². The Bertz CT molecular complexity index is 1290. The lowest BCUT2D eigenvalue weighted by Gasteiger charge is -2.09. The molecule has 0 unspecified atom stereocenters. The predicted molar refractivity (Wildman–Crippen MR) is 127 cm³/mol. The topological polar surface area (TPSA) is 109 Å². The van der Waals surface area contributed by atoms with Gasteiger partial charge >= 0.3 is 0 Å². The fraction of sp³-hybridized carbons (Fsp3) is 0.120. The van der Waals surface area contributed by atoms with Gasteiger partial charge in [0.05, 0.1) is 6.21 Å². The Labute approximate surface area is 191 Å². The highest BCUT2D eigenvalue weighted by Gasteiger charge is 2.08. The second-order valence-corrected chi connectivity index (χ2v) is 7.31. The minimum absolute atomic E-state index is 0.0786. The summed E-state index contributed by atoms with van der Waals surface area (Å²) >= 11 is 0. The van der Waals surface area contributed by atoms with E-state index in [1.165, 1.54) is 6.21 Å². The summed E-state index contributed by atoms with van der Waals surface area (Å²) in [7, 11) is 0. The van der Waals surface area contributed by atoms with E-state index in [4.69, 9.17) is 4.74 Å². The van der Waals surface area contributed by atoms with Crippen molar-refractivity contribution in [3.63, 3.8) is 0 Å². The first-order valence-electron chi connectivity index (χ1n) is 10.4. The van der Waals surface area contributed by atoms with Crippen LogP contribution in [0.1, 0.15) is 16.8 Å². The monoisotopic (exact) mass is 441 g/mol. The number of hydrazone groups is 1. The molecule has 0 aliphatic carbocycles. The summed E-state index contributed by atoms with van der Waals surface area (Å²) in [6.07, 6.45) is 1.41. The number of fused-ring (bicyclic) bond motifs is 1. The Morgan fingerprint density at radius 1 is 1.06 bits per heavy atom. The third-order valence-electron chi connectivity index (χ3n) is 4.81. The number of nitrogens with zero attached hydrogens (tertiary/aromatic N) is 3. The third-order valence-corrected chi connectivity index (χ3v) is 4.81. The number of benzene rings is 3. The minimum atomic E-state index is -0.457. The predicted octanol–water partition coefficient (Wildman–Crippen LogP) is 3.79. The molecule has 0 aliphatic heterocycles. The highest BCUT2D eigenvalue weighted by molar-refractivity contribution is 6.02. The van der Waals surface area contributed by atoms with Gasteiger partial charge in [0.25, 0.3) is 5.91 Å². The molecule has 0 radical (unpaired) electrons. The van der Waals surface area contributed by atoms with Gasteiger partial charge < -0.3 is 15.2 Å². The number of carbonyl (C=O) groups is 1. The summed E-state index contributed by atoms with van der Waals surface area (Å²) in [6, 6.07) is 22.6. The van der Waals surface area contributed by atoms with Crippen molar-refractivity contribution in [3.8, 4) is 11.6 Å². The van der Waals surface area contributed by atoms with Gasteiger partial charge in [-0.25, -0.2) is 10.4 Å². The van der Waals surface area contributed by atoms with E-state index in [-0.39, 0.29) is 18.2 Å². The third kappa shape index (κ3) is 5.82. The maximum absolute atomic E-state index is 12.2. The van der Waals surface area contributed by atoms with Crippen LogP contribution in [0.2, 0.25) is 0 Å². The van der Waals surface area contributed by atoms with Crippen molar-refractivity contribution >= 4 is 28.8 Å². The first-order chi connectivity index (χ1) is 16.1. The van der Waals surface area contributed by atoms with Gasteiger partial charge in [0.15, 0.2) is 6.61 Å². The molecule has 8 nitrogen and oxygen atoms in total. The number of carbonyl (C=O) groups excluding carboxylic acids is 1. The van der Waals surface area contributed by atoms with Gasteiger partial charge in [-0.1, -0.05) is 60.7 Å². The van der Waals surface area contributed by atoms with Crippen molar-refractivity contribution in [2.75, 3.05) is 11.9 Å². The van der Waals surface area contributed by atoms with Crippen LogP contribution in [0.4, 0.5) is 5.95 Å². The summed E-state index contributed by atoms with van der Waals surface area (Å²) in [5.41, 5.74) is 4.73. The zero-order chi connectivity index (χ0) is 23.0. The Balaban J connectivity index is 1.34. The number of hydrogen-bond acceptors (Lipinski definition) is 7. The lowest BCUT2D eigenvalue weighted by atomic mass is 10.0. The number of hydrogen-bond donors (Lipinski definition) is 3. The molecular weight excluding hydrogens is 418 g/mol. The smallest absolute Gasteiger partial charge is 0.278 e. The number of aromatic hydroxyl groups is 1. The van der Waals surface area contributed by atoms with E-state index in [1.54, 1.807) is 12.1 Å². The second kappa shape index (κ2) is 10.2. The number of phenols is 1. The van der Waals surface area contributed by atoms with Gasteiger partial charge in [-0.3, -0.25) is 4.79 Å². The van der Waals surface area contributed by atoms with E-state index >= 15 is 0 Å². The minimum Gasteiger partial charge on any atom is -0.507 e. The number of nitrogens with one attached hydrogen (secondary N) is 2. The van der Waals surface area contributed by atoms with Crippen LogP contribution in [0.5, 0.6) is 11.6 Å². The molecule has 1 aromatic heterocycles. The number of anilines is 1. The summed E-state index contributed by atoms with van der Waals surface area (Å²) in [6.45, 7) is 2.12. The normalized spacial score (nSPS) is 10.9. The molecule has 0 bridgehead atoms. The molecule has 0 saturated carbocycles. The second-order valence-electron chi connectivity index (χ2n) is 7.31. The Hall–Kier alpha value is -4.46. The summed E-state index contributed by atoms with van der Waals surface area (Å²) in [5, 5.41) is 19.0. The highest BCUT2D eigenvalue weighted by Crippen LogP contribution is 2.25. The quantitative estimate of drug-likeness (QED) is 0.284. The summed E-state index contributed by atoms with van der Waals surface area (Å²) in [4.78, 5) is 20.8. The number of rotatable bonds is 8. The van der Waals surface area contributed by atoms with E-state index in [2.05, 4.69) is 25.8 Å². The van der Waals surface area contributed by atoms with Crippen LogP contribution in [0, 0.1) is 6.92 Å². The molecule has 0 spiro atoms. The van der Waals surface area contributed by atoms with Crippen molar-refractivity contribution in [2.24, 2.45) is 5.10 Å². The lowest BCUT2D eigenvalue weighted by Crippen LogP contribution is -2.25. The van der Waals surface area contributed by atoms with Crippen LogP contribution < -0.4 is 15.5 Å². The van der Waals surface area contributed by atoms with E-state index in [0.29, 0.717) is 23.8 Å². The SMILES string of the molecule is Cc1cc(OCC(=O)N/N=C/c2c(O)ccc3ccccc23)nc(NCc2ccccc2)n1.